The molecule has 25 heavy (non-hydrogen) atoms. The van der Waals surface area contributed by atoms with Gasteiger partial charge in [0.25, 0.3) is 0 Å². The van der Waals surface area contributed by atoms with Crippen LogP contribution >= 0.6 is 11.6 Å². The van der Waals surface area contributed by atoms with Crippen molar-refractivity contribution in [1.82, 2.24) is 9.21 Å². The maximum absolute atomic E-state index is 12.8. The van der Waals surface area contributed by atoms with E-state index in [1.54, 1.807) is 11.8 Å². The number of alkyl halides is 3. The number of amides is 1. The molecule has 0 aliphatic carbocycles. The van der Waals surface area contributed by atoms with Gasteiger partial charge < -0.3 is 5.73 Å². The molecule has 1 saturated heterocycles. The van der Waals surface area contributed by atoms with Crippen LogP contribution in [0.3, 0.4) is 0 Å². The zero-order valence-electron chi connectivity index (χ0n) is 13.3. The summed E-state index contributed by atoms with van der Waals surface area (Å²) in [6.07, 6.45) is -4.68. The number of sulfonamides is 1. The molecule has 6 nitrogen and oxygen atoms in total. The second-order valence-electron chi connectivity index (χ2n) is 5.66. The summed E-state index contributed by atoms with van der Waals surface area (Å²) >= 11 is 5.83. The minimum Gasteiger partial charge on any atom is -0.368 e. The van der Waals surface area contributed by atoms with E-state index < -0.39 is 38.6 Å². The number of carbonyl (C=O) groups is 1. The van der Waals surface area contributed by atoms with Crippen LogP contribution in [0.4, 0.5) is 13.2 Å². The molecule has 1 aromatic carbocycles. The van der Waals surface area contributed by atoms with Gasteiger partial charge in [0.15, 0.2) is 0 Å². The lowest BCUT2D eigenvalue weighted by Gasteiger charge is -2.36. The number of nitrogens with two attached hydrogens (primary N) is 1. The van der Waals surface area contributed by atoms with Crippen molar-refractivity contribution in [3.05, 3.63) is 28.8 Å². The van der Waals surface area contributed by atoms with Crippen LogP contribution in [0.25, 0.3) is 0 Å². The molecular weight excluding hydrogens is 383 g/mol. The molecule has 2 rings (SSSR count). The highest BCUT2D eigenvalue weighted by Gasteiger charge is 2.36. The SMILES string of the molecule is C[C@@H](C(N)=O)N1CCN(S(=O)(=O)c2cc(C(F)(F)F)ccc2Cl)CC1. The molecule has 1 fully saturated rings. The number of hydrogen-bond acceptors (Lipinski definition) is 4. The molecule has 1 aliphatic rings. The molecule has 0 unspecified atom stereocenters. The van der Waals surface area contributed by atoms with Crippen LogP contribution in [-0.4, -0.2) is 55.8 Å². The van der Waals surface area contributed by atoms with E-state index >= 15 is 0 Å². The van der Waals surface area contributed by atoms with Crippen LogP contribution in [0.15, 0.2) is 23.1 Å². The van der Waals surface area contributed by atoms with Crippen molar-refractivity contribution in [2.75, 3.05) is 26.2 Å². The Morgan fingerprint density at radius 2 is 1.80 bits per heavy atom. The molecule has 0 saturated carbocycles. The Hall–Kier alpha value is -1.36. The largest absolute Gasteiger partial charge is 0.416 e. The quantitative estimate of drug-likeness (QED) is 0.832. The summed E-state index contributed by atoms with van der Waals surface area (Å²) in [5.41, 5.74) is 4.13. The molecule has 0 radical (unpaired) electrons. The van der Waals surface area contributed by atoms with E-state index in [2.05, 4.69) is 0 Å². The molecule has 1 atom stereocenters. The topological polar surface area (TPSA) is 83.7 Å². The highest BCUT2D eigenvalue weighted by atomic mass is 35.5. The van der Waals surface area contributed by atoms with E-state index in [1.165, 1.54) is 0 Å². The lowest BCUT2D eigenvalue weighted by atomic mass is 10.2. The zero-order valence-corrected chi connectivity index (χ0v) is 14.8. The van der Waals surface area contributed by atoms with Crippen LogP contribution in [0.2, 0.25) is 5.02 Å². The summed E-state index contributed by atoms with van der Waals surface area (Å²) in [6, 6.07) is 1.63. The van der Waals surface area contributed by atoms with Crippen molar-refractivity contribution < 1.29 is 26.4 Å². The van der Waals surface area contributed by atoms with Crippen LogP contribution < -0.4 is 5.73 Å². The average Bonchev–Trinajstić information content (AvgIpc) is 2.53. The third kappa shape index (κ3) is 4.25. The van der Waals surface area contributed by atoms with Gasteiger partial charge in [-0.3, -0.25) is 9.69 Å². The van der Waals surface area contributed by atoms with Gasteiger partial charge in [0, 0.05) is 26.2 Å². The summed E-state index contributed by atoms with van der Waals surface area (Å²) in [4.78, 5) is 12.3. The second kappa shape index (κ2) is 7.10. The van der Waals surface area contributed by atoms with Crippen LogP contribution in [0, 0.1) is 0 Å². The summed E-state index contributed by atoms with van der Waals surface area (Å²) in [5, 5.41) is -0.277. The van der Waals surface area contributed by atoms with Crippen LogP contribution in [0.1, 0.15) is 12.5 Å². The molecule has 0 spiro atoms. The molecule has 0 bridgehead atoms. The van der Waals surface area contributed by atoms with E-state index in [0.717, 1.165) is 16.4 Å². The third-order valence-electron chi connectivity index (χ3n) is 4.11. The predicted molar refractivity (Wildman–Crippen MR) is 85.4 cm³/mol. The fourth-order valence-corrected chi connectivity index (χ4v) is 4.45. The summed E-state index contributed by atoms with van der Waals surface area (Å²) in [5.74, 6) is -0.530. The molecule has 1 amide bonds. The number of piperazine rings is 1. The number of halogens is 4. The van der Waals surface area contributed by atoms with Crippen LogP contribution in [-0.2, 0) is 21.0 Å². The minimum atomic E-state index is -4.68. The maximum Gasteiger partial charge on any atom is 0.416 e. The highest BCUT2D eigenvalue weighted by Crippen LogP contribution is 2.34. The Morgan fingerprint density at radius 1 is 1.24 bits per heavy atom. The Balaban J connectivity index is 2.25. The van der Waals surface area contributed by atoms with E-state index in [-0.39, 0.29) is 31.2 Å². The van der Waals surface area contributed by atoms with Crippen molar-refractivity contribution in [3.8, 4) is 0 Å². The van der Waals surface area contributed by atoms with Gasteiger partial charge in [-0.2, -0.15) is 17.5 Å². The fourth-order valence-electron chi connectivity index (χ4n) is 2.53. The van der Waals surface area contributed by atoms with E-state index in [1.807, 2.05) is 0 Å². The van der Waals surface area contributed by atoms with Crippen LogP contribution in [0.5, 0.6) is 0 Å². The smallest absolute Gasteiger partial charge is 0.368 e. The summed E-state index contributed by atoms with van der Waals surface area (Å²) < 4.78 is 64.9. The van der Waals surface area contributed by atoms with Crippen molar-refractivity contribution in [2.45, 2.75) is 24.0 Å². The fraction of sp³-hybridized carbons (Fsp3) is 0.500. The Bertz CT molecular complexity index is 762. The highest BCUT2D eigenvalue weighted by molar-refractivity contribution is 7.89. The van der Waals surface area contributed by atoms with Gasteiger partial charge in [0.2, 0.25) is 15.9 Å². The van der Waals surface area contributed by atoms with Gasteiger partial charge >= 0.3 is 6.18 Å². The predicted octanol–water partition coefficient (Wildman–Crippen LogP) is 1.54. The van der Waals surface area contributed by atoms with Gasteiger partial charge in [-0.25, -0.2) is 8.42 Å². The second-order valence-corrected chi connectivity index (χ2v) is 7.97. The van der Waals surface area contributed by atoms with Gasteiger partial charge in [-0.1, -0.05) is 11.6 Å². The molecule has 0 aromatic heterocycles. The van der Waals surface area contributed by atoms with E-state index in [9.17, 15) is 26.4 Å². The number of carbonyl (C=O) groups excluding carboxylic acids is 1. The molecule has 140 valence electrons. The number of benzene rings is 1. The Morgan fingerprint density at radius 3 is 2.28 bits per heavy atom. The van der Waals surface area contributed by atoms with Crippen molar-refractivity contribution in [2.24, 2.45) is 5.73 Å². The van der Waals surface area contributed by atoms with Crippen molar-refractivity contribution in [3.63, 3.8) is 0 Å². The molecular formula is C14H17ClF3N3O3S. The van der Waals surface area contributed by atoms with Crippen molar-refractivity contribution in [1.29, 1.82) is 0 Å². The van der Waals surface area contributed by atoms with E-state index in [0.29, 0.717) is 6.07 Å². The first kappa shape index (κ1) is 20.0. The first-order chi connectivity index (χ1) is 11.4. The van der Waals surface area contributed by atoms with Gasteiger partial charge in [-0.05, 0) is 25.1 Å². The molecule has 1 aromatic rings. The normalized spacial score (nSPS) is 18.9. The van der Waals surface area contributed by atoms with Crippen molar-refractivity contribution >= 4 is 27.5 Å². The lowest BCUT2D eigenvalue weighted by Crippen LogP contribution is -2.54. The zero-order chi connectivity index (χ0) is 19.0. The Labute approximate surface area is 148 Å². The Kier molecular flexibility index (Phi) is 5.67. The molecule has 1 heterocycles. The minimum absolute atomic E-state index is 0.0204. The number of nitrogens with zero attached hydrogens (tertiary/aromatic N) is 2. The van der Waals surface area contributed by atoms with E-state index in [4.69, 9.17) is 17.3 Å². The average molecular weight is 400 g/mol. The van der Waals surface area contributed by atoms with Gasteiger partial charge in [0.1, 0.15) is 4.90 Å². The maximum atomic E-state index is 12.8. The standard InChI is InChI=1S/C14H17ClF3N3O3S/c1-9(13(19)22)20-4-6-21(7-5-20)25(23,24)12-8-10(14(16,17)18)2-3-11(12)15/h2-3,8-9H,4-7H2,1H3,(H2,19,22)/t9-/m0/s1. The number of hydrogen-bond donors (Lipinski definition) is 1. The first-order valence-corrected chi connectivity index (χ1v) is 9.16. The monoisotopic (exact) mass is 399 g/mol. The van der Waals surface area contributed by atoms with Gasteiger partial charge in [0.05, 0.1) is 16.6 Å². The molecule has 11 heteroatoms. The molecule has 2 N–H and O–H groups in total. The third-order valence-corrected chi connectivity index (χ3v) is 6.49. The first-order valence-electron chi connectivity index (χ1n) is 7.35. The number of primary amides is 1. The summed E-state index contributed by atoms with van der Waals surface area (Å²) in [6.45, 7) is 2.12. The lowest BCUT2D eigenvalue weighted by molar-refractivity contribution is -0.137. The number of rotatable bonds is 4. The summed E-state index contributed by atoms with van der Waals surface area (Å²) in [7, 11) is -4.19. The molecule has 1 aliphatic heterocycles. The van der Waals surface area contributed by atoms with Gasteiger partial charge in [-0.15, -0.1) is 0 Å².